The van der Waals surface area contributed by atoms with Gasteiger partial charge in [-0.1, -0.05) is 31.5 Å². The number of ether oxygens (including phenoxy) is 1. The van der Waals surface area contributed by atoms with Crippen molar-refractivity contribution in [3.05, 3.63) is 34.3 Å². The average molecular weight is 296 g/mol. The molecule has 1 aromatic carbocycles. The highest BCUT2D eigenvalue weighted by atomic mass is 35.5. The summed E-state index contributed by atoms with van der Waals surface area (Å²) in [6.07, 6.45) is 0.861. The molecule has 0 saturated heterocycles. The van der Waals surface area contributed by atoms with Crippen LogP contribution in [0.3, 0.4) is 0 Å². The summed E-state index contributed by atoms with van der Waals surface area (Å²) in [4.78, 5) is 11.5. The molecule has 3 nitrogen and oxygen atoms in total. The first-order chi connectivity index (χ1) is 9.31. The largest absolute Gasteiger partial charge is 0.460 e. The molecular weight excluding hydrogens is 274 g/mol. The summed E-state index contributed by atoms with van der Waals surface area (Å²) in [7, 11) is 0. The summed E-state index contributed by atoms with van der Waals surface area (Å²) in [5.41, 5.74) is 0.905. The van der Waals surface area contributed by atoms with Gasteiger partial charge in [0.15, 0.2) is 0 Å². The van der Waals surface area contributed by atoms with E-state index in [1.54, 1.807) is 18.2 Å². The Morgan fingerprint density at radius 1 is 1.35 bits per heavy atom. The van der Waals surface area contributed by atoms with Crippen LogP contribution in [0, 0.1) is 11.3 Å². The van der Waals surface area contributed by atoms with Crippen molar-refractivity contribution in [3.8, 4) is 6.07 Å². The number of nitriles is 1. The molecule has 4 heteroatoms. The van der Waals surface area contributed by atoms with E-state index in [0.717, 1.165) is 5.56 Å². The molecule has 0 bridgehead atoms. The SMILES string of the molecule is CC.CC(C)(C)OC(=O)CCc1ccc(C#N)c(Cl)c1. The molecule has 0 N–H and O–H groups in total. The van der Waals surface area contributed by atoms with Crippen LogP contribution in [0.5, 0.6) is 0 Å². The first-order valence-corrected chi connectivity index (χ1v) is 7.10. The fourth-order valence-electron chi connectivity index (χ4n) is 1.44. The number of halogens is 1. The number of benzene rings is 1. The number of esters is 1. The van der Waals surface area contributed by atoms with Crippen LogP contribution in [-0.4, -0.2) is 11.6 Å². The Labute approximate surface area is 126 Å². The maximum absolute atomic E-state index is 11.5. The third kappa shape index (κ3) is 7.16. The summed E-state index contributed by atoms with van der Waals surface area (Å²) < 4.78 is 5.21. The maximum atomic E-state index is 11.5. The number of nitrogens with zero attached hydrogens (tertiary/aromatic N) is 1. The van der Waals surface area contributed by atoms with Crippen molar-refractivity contribution in [2.45, 2.75) is 53.1 Å². The number of carbonyl (C=O) groups is 1. The Hall–Kier alpha value is -1.53. The summed E-state index contributed by atoms with van der Waals surface area (Å²) >= 11 is 5.91. The predicted molar refractivity (Wildman–Crippen MR) is 81.7 cm³/mol. The van der Waals surface area contributed by atoms with Crippen LogP contribution in [0.4, 0.5) is 0 Å². The van der Waals surface area contributed by atoms with Crippen molar-refractivity contribution in [1.29, 1.82) is 5.26 Å². The van der Waals surface area contributed by atoms with Gasteiger partial charge in [-0.3, -0.25) is 4.79 Å². The van der Waals surface area contributed by atoms with Gasteiger partial charge in [-0.2, -0.15) is 5.26 Å². The third-order valence-corrected chi connectivity index (χ3v) is 2.50. The quantitative estimate of drug-likeness (QED) is 0.771. The summed E-state index contributed by atoms with van der Waals surface area (Å²) in [6.45, 7) is 9.51. The Morgan fingerprint density at radius 3 is 2.40 bits per heavy atom. The molecule has 20 heavy (non-hydrogen) atoms. The van der Waals surface area contributed by atoms with Gasteiger partial charge in [0, 0.05) is 6.42 Å². The van der Waals surface area contributed by atoms with E-state index in [2.05, 4.69) is 0 Å². The molecule has 0 radical (unpaired) electrons. The van der Waals surface area contributed by atoms with E-state index in [0.29, 0.717) is 23.4 Å². The van der Waals surface area contributed by atoms with Crippen molar-refractivity contribution in [3.63, 3.8) is 0 Å². The molecule has 0 aliphatic carbocycles. The Bertz CT molecular complexity index is 484. The lowest BCUT2D eigenvalue weighted by atomic mass is 10.1. The zero-order valence-electron chi connectivity index (χ0n) is 12.8. The van der Waals surface area contributed by atoms with Crippen LogP contribution < -0.4 is 0 Å². The van der Waals surface area contributed by atoms with Gasteiger partial charge in [-0.05, 0) is 44.9 Å². The van der Waals surface area contributed by atoms with Gasteiger partial charge in [0.05, 0.1) is 10.6 Å². The van der Waals surface area contributed by atoms with Crippen molar-refractivity contribution in [2.75, 3.05) is 0 Å². The van der Waals surface area contributed by atoms with Crippen LogP contribution in [-0.2, 0) is 16.0 Å². The predicted octanol–water partition coefficient (Wildman–Crippen LogP) is 4.51. The monoisotopic (exact) mass is 295 g/mol. The van der Waals surface area contributed by atoms with Gasteiger partial charge in [0.2, 0.25) is 0 Å². The average Bonchev–Trinajstić information content (AvgIpc) is 2.37. The minimum Gasteiger partial charge on any atom is -0.460 e. The highest BCUT2D eigenvalue weighted by Crippen LogP contribution is 2.18. The van der Waals surface area contributed by atoms with Gasteiger partial charge in [-0.15, -0.1) is 0 Å². The lowest BCUT2D eigenvalue weighted by Gasteiger charge is -2.19. The summed E-state index contributed by atoms with van der Waals surface area (Å²) in [5.74, 6) is -0.233. The standard InChI is InChI=1S/C14H16ClNO2.C2H6/c1-14(2,3)18-13(17)7-5-10-4-6-11(9-16)12(15)8-10;1-2/h4,6,8H,5,7H2,1-3H3;1-2H3. The van der Waals surface area contributed by atoms with E-state index in [1.807, 2.05) is 40.7 Å². The van der Waals surface area contributed by atoms with Gasteiger partial charge >= 0.3 is 5.97 Å². The summed E-state index contributed by atoms with van der Waals surface area (Å²) in [6, 6.07) is 7.17. The van der Waals surface area contributed by atoms with Crippen LogP contribution >= 0.6 is 11.6 Å². The van der Waals surface area contributed by atoms with Crippen LogP contribution in [0.25, 0.3) is 0 Å². The minimum atomic E-state index is -0.459. The number of carbonyl (C=O) groups excluding carboxylic acids is 1. The number of hydrogen-bond donors (Lipinski definition) is 0. The molecule has 0 aromatic heterocycles. The highest BCUT2D eigenvalue weighted by Gasteiger charge is 2.16. The van der Waals surface area contributed by atoms with E-state index < -0.39 is 5.60 Å². The van der Waals surface area contributed by atoms with Crippen LogP contribution in [0.1, 0.15) is 52.2 Å². The van der Waals surface area contributed by atoms with Crippen molar-refractivity contribution >= 4 is 17.6 Å². The second-order valence-corrected chi connectivity index (χ2v) is 5.42. The van der Waals surface area contributed by atoms with Gasteiger partial charge in [0.1, 0.15) is 11.7 Å². The second kappa shape index (κ2) is 8.60. The van der Waals surface area contributed by atoms with Gasteiger partial charge in [0.25, 0.3) is 0 Å². The van der Waals surface area contributed by atoms with Gasteiger partial charge < -0.3 is 4.74 Å². The molecule has 0 aliphatic rings. The molecule has 0 aliphatic heterocycles. The Morgan fingerprint density at radius 2 is 1.95 bits per heavy atom. The number of hydrogen-bond acceptors (Lipinski definition) is 3. The fourth-order valence-corrected chi connectivity index (χ4v) is 1.69. The van der Waals surface area contributed by atoms with Crippen molar-refractivity contribution < 1.29 is 9.53 Å². The molecule has 1 aromatic rings. The molecule has 0 heterocycles. The lowest BCUT2D eigenvalue weighted by Crippen LogP contribution is -2.24. The van der Waals surface area contributed by atoms with Gasteiger partial charge in [-0.25, -0.2) is 0 Å². The molecule has 0 unspecified atom stereocenters. The molecule has 0 spiro atoms. The zero-order valence-corrected chi connectivity index (χ0v) is 13.5. The molecule has 0 atom stereocenters. The van der Waals surface area contributed by atoms with Crippen LogP contribution in [0.2, 0.25) is 5.02 Å². The molecule has 0 amide bonds. The molecule has 0 saturated carbocycles. The fraction of sp³-hybridized carbons (Fsp3) is 0.500. The molecule has 0 fully saturated rings. The van der Waals surface area contributed by atoms with Crippen molar-refractivity contribution in [1.82, 2.24) is 0 Å². The summed E-state index contributed by atoms with van der Waals surface area (Å²) in [5, 5.41) is 9.16. The third-order valence-electron chi connectivity index (χ3n) is 2.19. The first-order valence-electron chi connectivity index (χ1n) is 6.72. The Balaban J connectivity index is 0.00000172. The number of rotatable bonds is 3. The minimum absolute atomic E-state index is 0.233. The lowest BCUT2D eigenvalue weighted by molar-refractivity contribution is -0.154. The van der Waals surface area contributed by atoms with E-state index >= 15 is 0 Å². The zero-order chi connectivity index (χ0) is 15.8. The molecule has 1 rings (SSSR count). The van der Waals surface area contributed by atoms with E-state index in [4.69, 9.17) is 21.6 Å². The van der Waals surface area contributed by atoms with Crippen LogP contribution in [0.15, 0.2) is 18.2 Å². The second-order valence-electron chi connectivity index (χ2n) is 5.01. The molecular formula is C16H22ClNO2. The maximum Gasteiger partial charge on any atom is 0.306 e. The molecule has 110 valence electrons. The smallest absolute Gasteiger partial charge is 0.306 e. The van der Waals surface area contributed by atoms with E-state index in [-0.39, 0.29) is 5.97 Å². The highest BCUT2D eigenvalue weighted by molar-refractivity contribution is 6.31. The first kappa shape index (κ1) is 18.5. The number of aryl methyl sites for hydroxylation is 1. The van der Waals surface area contributed by atoms with Crippen molar-refractivity contribution in [2.24, 2.45) is 0 Å². The van der Waals surface area contributed by atoms with E-state index in [9.17, 15) is 4.79 Å². The topological polar surface area (TPSA) is 50.1 Å². The Kier molecular flexibility index (Phi) is 7.94. The van der Waals surface area contributed by atoms with E-state index in [1.165, 1.54) is 0 Å². The normalized spacial score (nSPS) is 10.1.